The SMILES string of the molecule is CCC[C@@H]1CN(S(C)(=O)=O)CC1S(=O)(=O)c1ccc(OC)cc1. The Morgan fingerprint density at radius 3 is 2.22 bits per heavy atom. The number of sulfone groups is 1. The molecular weight excluding hydrogens is 338 g/mol. The molecule has 0 spiro atoms. The van der Waals surface area contributed by atoms with Crippen molar-refractivity contribution in [2.75, 3.05) is 26.5 Å². The molecule has 23 heavy (non-hydrogen) atoms. The van der Waals surface area contributed by atoms with Crippen molar-refractivity contribution >= 4 is 19.9 Å². The Morgan fingerprint density at radius 1 is 1.13 bits per heavy atom. The first-order valence-corrected chi connectivity index (χ1v) is 10.9. The molecule has 0 aliphatic carbocycles. The third kappa shape index (κ3) is 3.87. The fraction of sp³-hybridized carbons (Fsp3) is 0.600. The number of rotatable bonds is 6. The largest absolute Gasteiger partial charge is 0.497 e. The van der Waals surface area contributed by atoms with Gasteiger partial charge in [-0.05, 0) is 36.6 Å². The van der Waals surface area contributed by atoms with Crippen LogP contribution in [0.2, 0.25) is 0 Å². The molecule has 0 bridgehead atoms. The minimum absolute atomic E-state index is 0.0257. The van der Waals surface area contributed by atoms with Crippen molar-refractivity contribution in [3.63, 3.8) is 0 Å². The minimum Gasteiger partial charge on any atom is -0.497 e. The van der Waals surface area contributed by atoms with E-state index in [0.717, 1.165) is 12.7 Å². The standard InChI is InChI=1S/C15H23NO5S2/c1-4-5-12-10-16(22(3,17)18)11-15(12)23(19,20)14-8-6-13(21-2)7-9-14/h6-9,12,15H,4-5,10-11H2,1-3H3/t12-,15?/m1/s1. The molecule has 1 aromatic carbocycles. The van der Waals surface area contributed by atoms with Crippen LogP contribution >= 0.6 is 0 Å². The first kappa shape index (κ1) is 18.2. The zero-order chi connectivity index (χ0) is 17.3. The van der Waals surface area contributed by atoms with E-state index in [1.165, 1.54) is 23.5 Å². The Hall–Kier alpha value is -1.12. The highest BCUT2D eigenvalue weighted by molar-refractivity contribution is 7.92. The summed E-state index contributed by atoms with van der Waals surface area (Å²) in [5, 5.41) is -0.703. The monoisotopic (exact) mass is 361 g/mol. The Morgan fingerprint density at radius 2 is 1.74 bits per heavy atom. The molecule has 130 valence electrons. The van der Waals surface area contributed by atoms with E-state index in [-0.39, 0.29) is 23.9 Å². The first-order valence-electron chi connectivity index (χ1n) is 7.53. The molecule has 1 aromatic rings. The summed E-state index contributed by atoms with van der Waals surface area (Å²) in [6.45, 7) is 2.27. The summed E-state index contributed by atoms with van der Waals surface area (Å²) in [6, 6.07) is 6.23. The van der Waals surface area contributed by atoms with Gasteiger partial charge < -0.3 is 4.74 Å². The van der Waals surface area contributed by atoms with Crippen LogP contribution in [0.5, 0.6) is 5.75 Å². The van der Waals surface area contributed by atoms with Gasteiger partial charge in [0.15, 0.2) is 9.84 Å². The van der Waals surface area contributed by atoms with Crippen molar-refractivity contribution in [2.45, 2.75) is 29.9 Å². The molecule has 1 saturated heterocycles. The van der Waals surface area contributed by atoms with Gasteiger partial charge in [-0.15, -0.1) is 0 Å². The van der Waals surface area contributed by atoms with Crippen LogP contribution in [0.1, 0.15) is 19.8 Å². The van der Waals surface area contributed by atoms with Crippen molar-refractivity contribution in [1.29, 1.82) is 0 Å². The predicted octanol–water partition coefficient (Wildman–Crippen LogP) is 1.53. The molecule has 1 heterocycles. The van der Waals surface area contributed by atoms with E-state index in [1.54, 1.807) is 12.1 Å². The number of benzene rings is 1. The average molecular weight is 361 g/mol. The van der Waals surface area contributed by atoms with E-state index in [1.807, 2.05) is 6.92 Å². The molecular formula is C15H23NO5S2. The summed E-state index contributed by atoms with van der Waals surface area (Å²) < 4.78 is 55.8. The van der Waals surface area contributed by atoms with Crippen molar-refractivity contribution in [3.05, 3.63) is 24.3 Å². The molecule has 1 aliphatic rings. The maximum Gasteiger partial charge on any atom is 0.211 e. The summed E-state index contributed by atoms with van der Waals surface area (Å²) in [7, 11) is -5.47. The fourth-order valence-electron chi connectivity index (χ4n) is 3.01. The van der Waals surface area contributed by atoms with Gasteiger partial charge in [0.2, 0.25) is 10.0 Å². The summed E-state index contributed by atoms with van der Waals surface area (Å²) in [6.07, 6.45) is 2.63. The normalized spacial score (nSPS) is 23.1. The topological polar surface area (TPSA) is 80.8 Å². The lowest BCUT2D eigenvalue weighted by Gasteiger charge is -2.18. The van der Waals surface area contributed by atoms with Crippen LogP contribution in [0.3, 0.4) is 0 Å². The number of hydrogen-bond acceptors (Lipinski definition) is 5. The predicted molar refractivity (Wildman–Crippen MR) is 88.8 cm³/mol. The highest BCUT2D eigenvalue weighted by atomic mass is 32.2. The Kier molecular flexibility index (Phi) is 5.37. The molecule has 0 amide bonds. The molecule has 0 N–H and O–H groups in total. The molecule has 2 atom stereocenters. The third-order valence-corrected chi connectivity index (χ3v) is 7.76. The van der Waals surface area contributed by atoms with Crippen molar-refractivity contribution in [2.24, 2.45) is 5.92 Å². The molecule has 1 aliphatic heterocycles. The van der Waals surface area contributed by atoms with Gasteiger partial charge in [-0.25, -0.2) is 21.1 Å². The molecule has 1 unspecified atom stereocenters. The molecule has 2 rings (SSSR count). The second-order valence-electron chi connectivity index (χ2n) is 5.89. The number of methoxy groups -OCH3 is 1. The molecule has 0 saturated carbocycles. The molecule has 1 fully saturated rings. The van der Waals surface area contributed by atoms with Crippen LogP contribution in [-0.2, 0) is 19.9 Å². The molecule has 0 aromatic heterocycles. The zero-order valence-electron chi connectivity index (χ0n) is 13.6. The van der Waals surface area contributed by atoms with E-state index >= 15 is 0 Å². The van der Waals surface area contributed by atoms with Gasteiger partial charge in [0.25, 0.3) is 0 Å². The summed E-state index contributed by atoms with van der Waals surface area (Å²) in [5.41, 5.74) is 0. The van der Waals surface area contributed by atoms with E-state index in [4.69, 9.17) is 4.74 Å². The van der Waals surface area contributed by atoms with Crippen LogP contribution in [0, 0.1) is 5.92 Å². The van der Waals surface area contributed by atoms with Crippen molar-refractivity contribution in [3.8, 4) is 5.75 Å². The van der Waals surface area contributed by atoms with Gasteiger partial charge in [0.1, 0.15) is 5.75 Å². The first-order chi connectivity index (χ1) is 10.7. The number of ether oxygens (including phenoxy) is 1. The van der Waals surface area contributed by atoms with Crippen LogP contribution in [0.25, 0.3) is 0 Å². The summed E-state index contributed by atoms with van der Waals surface area (Å²) in [5.74, 6) is 0.403. The van der Waals surface area contributed by atoms with Gasteiger partial charge in [0, 0.05) is 13.1 Å². The molecule has 0 radical (unpaired) electrons. The Labute approximate surface area is 138 Å². The third-order valence-electron chi connectivity index (χ3n) is 4.26. The quantitative estimate of drug-likeness (QED) is 0.767. The second kappa shape index (κ2) is 6.78. The number of hydrogen-bond donors (Lipinski definition) is 0. The number of sulfonamides is 1. The fourth-order valence-corrected chi connectivity index (χ4v) is 5.97. The molecule has 6 nitrogen and oxygen atoms in total. The Balaban J connectivity index is 2.35. The van der Waals surface area contributed by atoms with Crippen LogP contribution in [-0.4, -0.2) is 52.8 Å². The lowest BCUT2D eigenvalue weighted by Crippen LogP contribution is -2.31. The highest BCUT2D eigenvalue weighted by Crippen LogP contribution is 2.32. The maximum absolute atomic E-state index is 12.9. The van der Waals surface area contributed by atoms with Crippen LogP contribution < -0.4 is 4.74 Å². The van der Waals surface area contributed by atoms with Crippen LogP contribution in [0.4, 0.5) is 0 Å². The van der Waals surface area contributed by atoms with Gasteiger partial charge in [0.05, 0.1) is 23.5 Å². The van der Waals surface area contributed by atoms with Crippen molar-refractivity contribution in [1.82, 2.24) is 4.31 Å². The lowest BCUT2D eigenvalue weighted by atomic mass is 10.0. The zero-order valence-corrected chi connectivity index (χ0v) is 15.2. The summed E-state index contributed by atoms with van der Waals surface area (Å²) >= 11 is 0. The maximum atomic E-state index is 12.9. The van der Waals surface area contributed by atoms with E-state index in [9.17, 15) is 16.8 Å². The van der Waals surface area contributed by atoms with E-state index in [0.29, 0.717) is 12.2 Å². The van der Waals surface area contributed by atoms with Crippen LogP contribution in [0.15, 0.2) is 29.2 Å². The van der Waals surface area contributed by atoms with Gasteiger partial charge >= 0.3 is 0 Å². The van der Waals surface area contributed by atoms with Gasteiger partial charge in [-0.1, -0.05) is 13.3 Å². The molecule has 8 heteroatoms. The van der Waals surface area contributed by atoms with E-state index in [2.05, 4.69) is 0 Å². The number of nitrogens with zero attached hydrogens (tertiary/aromatic N) is 1. The summed E-state index contributed by atoms with van der Waals surface area (Å²) in [4.78, 5) is 0.208. The smallest absolute Gasteiger partial charge is 0.211 e. The minimum atomic E-state index is -3.59. The van der Waals surface area contributed by atoms with Crippen molar-refractivity contribution < 1.29 is 21.6 Å². The van der Waals surface area contributed by atoms with E-state index < -0.39 is 25.1 Å². The second-order valence-corrected chi connectivity index (χ2v) is 10.0. The average Bonchev–Trinajstić information content (AvgIpc) is 2.93. The Bertz CT molecular complexity index is 741. The van der Waals surface area contributed by atoms with Gasteiger partial charge in [-0.2, -0.15) is 0 Å². The lowest BCUT2D eigenvalue weighted by molar-refractivity contribution is 0.414. The van der Waals surface area contributed by atoms with Gasteiger partial charge in [-0.3, -0.25) is 0 Å². The highest BCUT2D eigenvalue weighted by Gasteiger charge is 2.44.